The zero-order valence-electron chi connectivity index (χ0n) is 12.6. The summed E-state index contributed by atoms with van der Waals surface area (Å²) < 4.78 is 0. The summed E-state index contributed by atoms with van der Waals surface area (Å²) in [7, 11) is 0. The zero-order valence-corrected chi connectivity index (χ0v) is 12.6. The Hall–Kier alpha value is -2.76. The summed E-state index contributed by atoms with van der Waals surface area (Å²) in [5, 5.41) is 5.28. The van der Waals surface area contributed by atoms with Gasteiger partial charge in [-0.05, 0) is 31.2 Å². The van der Waals surface area contributed by atoms with Crippen molar-refractivity contribution in [1.29, 1.82) is 0 Å². The van der Waals surface area contributed by atoms with Crippen molar-refractivity contribution in [2.45, 2.75) is 24.8 Å². The van der Waals surface area contributed by atoms with Crippen LogP contribution in [0.2, 0.25) is 0 Å². The summed E-state index contributed by atoms with van der Waals surface area (Å²) in [4.78, 5) is 33.2. The molecule has 2 aromatic heterocycles. The van der Waals surface area contributed by atoms with E-state index in [-0.39, 0.29) is 23.8 Å². The number of rotatable bonds is 2. The molecule has 2 fully saturated rings. The fraction of sp³-hybridized carbons (Fsp3) is 0.294. The van der Waals surface area contributed by atoms with Crippen LogP contribution in [0.15, 0.2) is 48.8 Å². The molecule has 3 heterocycles. The van der Waals surface area contributed by atoms with Gasteiger partial charge in [0.15, 0.2) is 0 Å². The largest absolute Gasteiger partial charge is 0.333 e. The number of nitrogens with zero attached hydrogens (tertiary/aromatic N) is 2. The average Bonchev–Trinajstić information content (AvgIpc) is 2.57. The molecule has 1 aliphatic heterocycles. The number of nitrogens with one attached hydrogen (secondary N) is 2. The second-order valence-corrected chi connectivity index (χ2v) is 6.20. The number of carbonyl (C=O) groups is 2. The molecule has 4 rings (SSSR count). The number of carbonyl (C=O) groups excluding carboxylic acids is 2. The molecule has 0 bridgehead atoms. The van der Waals surface area contributed by atoms with E-state index in [2.05, 4.69) is 20.6 Å². The number of imide groups is 1. The van der Waals surface area contributed by atoms with Crippen LogP contribution in [-0.2, 0) is 4.79 Å². The highest BCUT2D eigenvalue weighted by Gasteiger charge is 2.67. The Bertz CT molecular complexity index is 765. The molecule has 6 heteroatoms. The van der Waals surface area contributed by atoms with Crippen LogP contribution in [-0.4, -0.2) is 27.9 Å². The third-order valence-electron chi connectivity index (χ3n) is 5.05. The highest BCUT2D eigenvalue weighted by Crippen LogP contribution is 2.61. The first kappa shape index (κ1) is 13.9. The lowest BCUT2D eigenvalue weighted by Crippen LogP contribution is -2.74. The van der Waals surface area contributed by atoms with Gasteiger partial charge >= 0.3 is 6.03 Å². The van der Waals surface area contributed by atoms with Crippen LogP contribution in [0.25, 0.3) is 0 Å². The van der Waals surface area contributed by atoms with Crippen LogP contribution in [0.3, 0.4) is 0 Å². The number of hydrogen-bond donors (Lipinski definition) is 2. The predicted octanol–water partition coefficient (Wildman–Crippen LogP) is 1.57. The minimum atomic E-state index is -0.732. The summed E-state index contributed by atoms with van der Waals surface area (Å²) in [5.74, 6) is -0.468. The summed E-state index contributed by atoms with van der Waals surface area (Å²) in [5.41, 5.74) is 0.971. The van der Waals surface area contributed by atoms with Crippen LogP contribution in [0.4, 0.5) is 4.79 Å². The Balaban J connectivity index is 1.83. The average molecular weight is 308 g/mol. The lowest BCUT2D eigenvalue weighted by molar-refractivity contribution is -0.143. The first-order valence-corrected chi connectivity index (χ1v) is 7.56. The van der Waals surface area contributed by atoms with Crippen molar-refractivity contribution in [3.05, 3.63) is 60.2 Å². The van der Waals surface area contributed by atoms with Gasteiger partial charge in [-0.15, -0.1) is 0 Å². The molecule has 2 N–H and O–H groups in total. The van der Waals surface area contributed by atoms with E-state index in [1.165, 1.54) is 0 Å². The van der Waals surface area contributed by atoms with Gasteiger partial charge in [-0.25, -0.2) is 4.79 Å². The second-order valence-electron chi connectivity index (χ2n) is 6.20. The van der Waals surface area contributed by atoms with Crippen LogP contribution in [0, 0.1) is 5.41 Å². The number of fused-ring (bicyclic) bond motifs is 1. The van der Waals surface area contributed by atoms with Crippen molar-refractivity contribution in [2.24, 2.45) is 5.41 Å². The molecule has 6 nitrogen and oxygen atoms in total. The van der Waals surface area contributed by atoms with Gasteiger partial charge in [-0.3, -0.25) is 20.1 Å². The van der Waals surface area contributed by atoms with Gasteiger partial charge < -0.3 is 5.32 Å². The van der Waals surface area contributed by atoms with E-state index < -0.39 is 11.4 Å². The lowest BCUT2D eigenvalue weighted by atomic mass is 9.48. The molecular weight excluding hydrogens is 292 g/mol. The van der Waals surface area contributed by atoms with Crippen molar-refractivity contribution in [2.75, 3.05) is 0 Å². The Kier molecular flexibility index (Phi) is 2.94. The topological polar surface area (TPSA) is 84.0 Å². The SMILES string of the molecule is CC12C(=O)NC(=O)NC1C(c1ccccn1)C2c1ccccn1. The smallest absolute Gasteiger partial charge is 0.321 e. The van der Waals surface area contributed by atoms with Crippen LogP contribution >= 0.6 is 0 Å². The van der Waals surface area contributed by atoms with E-state index in [1.54, 1.807) is 12.4 Å². The number of urea groups is 1. The number of hydrogen-bond acceptors (Lipinski definition) is 4. The Labute approximate surface area is 133 Å². The van der Waals surface area contributed by atoms with E-state index in [0.29, 0.717) is 0 Å². The molecule has 0 aromatic carbocycles. The Morgan fingerprint density at radius 3 is 2.26 bits per heavy atom. The minimum absolute atomic E-state index is 0.0777. The van der Waals surface area contributed by atoms with E-state index in [1.807, 2.05) is 43.3 Å². The van der Waals surface area contributed by atoms with Crippen molar-refractivity contribution >= 4 is 11.9 Å². The molecular formula is C17H16N4O2. The molecule has 1 saturated heterocycles. The van der Waals surface area contributed by atoms with Gasteiger partial charge in [-0.1, -0.05) is 12.1 Å². The maximum absolute atomic E-state index is 12.5. The molecule has 2 aliphatic rings. The fourth-order valence-electron chi connectivity index (χ4n) is 3.92. The van der Waals surface area contributed by atoms with Crippen molar-refractivity contribution in [1.82, 2.24) is 20.6 Å². The highest BCUT2D eigenvalue weighted by atomic mass is 16.2. The van der Waals surface area contributed by atoms with Gasteiger partial charge in [-0.2, -0.15) is 0 Å². The van der Waals surface area contributed by atoms with Crippen LogP contribution in [0.5, 0.6) is 0 Å². The summed E-state index contributed by atoms with van der Waals surface area (Å²) in [6, 6.07) is 10.6. The third-order valence-corrected chi connectivity index (χ3v) is 5.05. The van der Waals surface area contributed by atoms with E-state index in [0.717, 1.165) is 11.4 Å². The van der Waals surface area contributed by atoms with Gasteiger partial charge in [0.05, 0.1) is 11.5 Å². The normalized spacial score (nSPS) is 32.3. The zero-order chi connectivity index (χ0) is 16.0. The third kappa shape index (κ3) is 1.87. The maximum atomic E-state index is 12.5. The monoisotopic (exact) mass is 308 g/mol. The standard InChI is InChI=1S/C17H16N4O2/c1-17-13(11-7-3-5-9-19-11)12(10-6-2-4-8-18-10)14(17)20-16(23)21-15(17)22/h2-9,12-14H,1H3,(H2,20,21,22,23). The predicted molar refractivity (Wildman–Crippen MR) is 82.5 cm³/mol. The first-order chi connectivity index (χ1) is 11.1. The number of aromatic nitrogens is 2. The highest BCUT2D eigenvalue weighted by molar-refractivity contribution is 6.02. The van der Waals surface area contributed by atoms with Gasteiger partial charge in [0.1, 0.15) is 0 Å². The first-order valence-electron chi connectivity index (χ1n) is 7.56. The molecule has 23 heavy (non-hydrogen) atoms. The van der Waals surface area contributed by atoms with Crippen molar-refractivity contribution in [3.63, 3.8) is 0 Å². The minimum Gasteiger partial charge on any atom is -0.333 e. The Morgan fingerprint density at radius 2 is 1.65 bits per heavy atom. The number of amides is 3. The van der Waals surface area contributed by atoms with E-state index in [9.17, 15) is 9.59 Å². The van der Waals surface area contributed by atoms with E-state index >= 15 is 0 Å². The molecule has 4 atom stereocenters. The lowest BCUT2D eigenvalue weighted by Gasteiger charge is -2.59. The summed E-state index contributed by atoms with van der Waals surface area (Å²) >= 11 is 0. The van der Waals surface area contributed by atoms with Crippen molar-refractivity contribution in [3.8, 4) is 0 Å². The molecule has 0 radical (unpaired) electrons. The van der Waals surface area contributed by atoms with Gasteiger partial charge in [0, 0.05) is 35.6 Å². The maximum Gasteiger partial charge on any atom is 0.321 e. The van der Waals surface area contributed by atoms with Crippen LogP contribution in [0.1, 0.15) is 30.1 Å². The summed E-state index contributed by atoms with van der Waals surface area (Å²) in [6.07, 6.45) is 3.45. The second kappa shape index (κ2) is 4.87. The molecule has 1 aliphatic carbocycles. The quantitative estimate of drug-likeness (QED) is 0.882. The molecule has 4 unspecified atom stereocenters. The Morgan fingerprint density at radius 1 is 1.00 bits per heavy atom. The fourth-order valence-corrected chi connectivity index (χ4v) is 3.92. The molecule has 0 spiro atoms. The van der Waals surface area contributed by atoms with E-state index in [4.69, 9.17) is 0 Å². The number of pyridine rings is 2. The van der Waals surface area contributed by atoms with Gasteiger partial charge in [0.2, 0.25) is 5.91 Å². The molecule has 3 amide bonds. The van der Waals surface area contributed by atoms with Crippen molar-refractivity contribution < 1.29 is 9.59 Å². The van der Waals surface area contributed by atoms with Crippen LogP contribution < -0.4 is 10.6 Å². The molecule has 2 aromatic rings. The molecule has 116 valence electrons. The summed E-state index contributed by atoms with van der Waals surface area (Å²) in [6.45, 7) is 1.88. The molecule has 1 saturated carbocycles. The van der Waals surface area contributed by atoms with Gasteiger partial charge in [0.25, 0.3) is 0 Å².